The predicted octanol–water partition coefficient (Wildman–Crippen LogP) is 3.24. The van der Waals surface area contributed by atoms with E-state index in [1.54, 1.807) is 35.8 Å². The molecule has 0 saturated heterocycles. The van der Waals surface area contributed by atoms with E-state index in [1.165, 1.54) is 11.3 Å². The number of hydrogen-bond donors (Lipinski definition) is 1. The van der Waals surface area contributed by atoms with Gasteiger partial charge in [0.2, 0.25) is 0 Å². The first-order chi connectivity index (χ1) is 8.66. The maximum atomic E-state index is 12.3. The van der Waals surface area contributed by atoms with Crippen LogP contribution in [0.15, 0.2) is 41.9 Å². The Morgan fingerprint density at radius 2 is 2.22 bits per heavy atom. The van der Waals surface area contributed by atoms with Gasteiger partial charge in [0.1, 0.15) is 5.76 Å². The Balaban J connectivity index is 2.26. The van der Waals surface area contributed by atoms with Crippen molar-refractivity contribution in [3.63, 3.8) is 0 Å². The summed E-state index contributed by atoms with van der Waals surface area (Å²) in [6.45, 7) is 0. The number of H-pyrrole nitrogens is 1. The molecule has 0 unspecified atom stereocenters. The Kier molecular flexibility index (Phi) is 3.94. The van der Waals surface area contributed by atoms with Crippen molar-refractivity contribution in [1.29, 1.82) is 0 Å². The van der Waals surface area contributed by atoms with Crippen LogP contribution in [0, 0.1) is 0 Å². The van der Waals surface area contributed by atoms with Gasteiger partial charge in [-0.3, -0.25) is 4.79 Å². The number of allylic oxidation sites excluding steroid dienone is 1. The van der Waals surface area contributed by atoms with Gasteiger partial charge in [-0.15, -0.1) is 11.3 Å². The lowest BCUT2D eigenvalue weighted by Gasteiger charge is -2.05. The van der Waals surface area contributed by atoms with Gasteiger partial charge in [-0.2, -0.15) is 0 Å². The summed E-state index contributed by atoms with van der Waals surface area (Å²) in [5, 5.41) is 1.74. The molecule has 2 aromatic heterocycles. The summed E-state index contributed by atoms with van der Waals surface area (Å²) in [5.41, 5.74) is 0.334. The van der Waals surface area contributed by atoms with Crippen LogP contribution in [0.1, 0.15) is 15.4 Å². The Morgan fingerprint density at radius 3 is 2.78 bits per heavy atom. The van der Waals surface area contributed by atoms with Crippen LogP contribution < -0.4 is 0 Å². The number of hydrogen-bond acceptors (Lipinski definition) is 3. The molecular formula is C11H8BF2NO2S. The summed E-state index contributed by atoms with van der Waals surface area (Å²) in [7, 11) is -2.98. The van der Waals surface area contributed by atoms with E-state index in [0.29, 0.717) is 10.6 Å². The molecule has 0 aliphatic heterocycles. The number of carbonyl (C=O) groups is 1. The van der Waals surface area contributed by atoms with Crippen LogP contribution in [0.4, 0.5) is 8.63 Å². The van der Waals surface area contributed by atoms with Crippen molar-refractivity contribution in [3.8, 4) is 0 Å². The topological polar surface area (TPSA) is 42.1 Å². The summed E-state index contributed by atoms with van der Waals surface area (Å²) in [5.74, 6) is -0.538. The summed E-state index contributed by atoms with van der Waals surface area (Å²) in [6.07, 6.45) is 2.62. The first-order valence-corrected chi connectivity index (χ1v) is 5.93. The fraction of sp³-hybridized carbons (Fsp3) is 0. The van der Waals surface area contributed by atoms with Crippen molar-refractivity contribution in [2.45, 2.75) is 0 Å². The minimum absolute atomic E-state index is 0.173. The van der Waals surface area contributed by atoms with Crippen molar-refractivity contribution in [2.24, 2.45) is 0 Å². The SMILES string of the molecule is O=C(/C=C(\OB(F)F)c1ccc[nH]1)c1cccs1. The van der Waals surface area contributed by atoms with Crippen molar-refractivity contribution < 1.29 is 18.1 Å². The van der Waals surface area contributed by atoms with E-state index in [9.17, 15) is 13.4 Å². The lowest BCUT2D eigenvalue weighted by molar-refractivity contribution is 0.105. The highest BCUT2D eigenvalue weighted by Gasteiger charge is 2.21. The number of aromatic amines is 1. The first-order valence-electron chi connectivity index (χ1n) is 5.05. The van der Waals surface area contributed by atoms with Crippen LogP contribution in [0.3, 0.4) is 0 Å². The Labute approximate surface area is 106 Å². The van der Waals surface area contributed by atoms with E-state index in [4.69, 9.17) is 0 Å². The van der Waals surface area contributed by atoms with Gasteiger partial charge in [0, 0.05) is 12.3 Å². The van der Waals surface area contributed by atoms with Gasteiger partial charge in [0.15, 0.2) is 5.78 Å². The molecule has 2 heterocycles. The minimum Gasteiger partial charge on any atom is -0.503 e. The number of thiophene rings is 1. The van der Waals surface area contributed by atoms with Crippen molar-refractivity contribution >= 4 is 30.3 Å². The highest BCUT2D eigenvalue weighted by molar-refractivity contribution is 7.12. The number of aromatic nitrogens is 1. The summed E-state index contributed by atoms with van der Waals surface area (Å²) in [4.78, 5) is 15.0. The highest BCUT2D eigenvalue weighted by atomic mass is 32.1. The predicted molar refractivity (Wildman–Crippen MR) is 66.5 cm³/mol. The van der Waals surface area contributed by atoms with E-state index in [0.717, 1.165) is 6.08 Å². The second-order valence-electron chi connectivity index (χ2n) is 3.31. The minimum atomic E-state index is -2.98. The standard InChI is InChI=1S/C11H8BF2NO2S/c13-12(14)17-10(8-3-1-5-15-8)7-9(16)11-4-2-6-18-11/h1-7,15H/b10-7-. The highest BCUT2D eigenvalue weighted by Crippen LogP contribution is 2.18. The summed E-state index contributed by atoms with van der Waals surface area (Å²) in [6, 6.07) is 6.52. The van der Waals surface area contributed by atoms with Crippen LogP contribution in [-0.4, -0.2) is 18.2 Å². The molecule has 18 heavy (non-hydrogen) atoms. The zero-order chi connectivity index (χ0) is 13.0. The van der Waals surface area contributed by atoms with E-state index in [-0.39, 0.29) is 11.5 Å². The molecule has 0 amide bonds. The Hall–Kier alpha value is -1.89. The van der Waals surface area contributed by atoms with Crippen LogP contribution in [0.2, 0.25) is 0 Å². The number of nitrogens with one attached hydrogen (secondary N) is 1. The molecule has 2 aromatic rings. The third-order valence-electron chi connectivity index (χ3n) is 2.11. The third kappa shape index (κ3) is 3.07. The van der Waals surface area contributed by atoms with Crippen molar-refractivity contribution in [3.05, 3.63) is 52.5 Å². The van der Waals surface area contributed by atoms with Gasteiger partial charge in [0.25, 0.3) is 0 Å². The van der Waals surface area contributed by atoms with E-state index >= 15 is 0 Å². The van der Waals surface area contributed by atoms with Gasteiger partial charge >= 0.3 is 7.47 Å². The second-order valence-corrected chi connectivity index (χ2v) is 4.26. The first kappa shape index (κ1) is 12.6. The molecule has 92 valence electrons. The normalized spacial score (nSPS) is 11.3. The van der Waals surface area contributed by atoms with Gasteiger partial charge in [-0.25, -0.2) is 8.63 Å². The average molecular weight is 267 g/mol. The van der Waals surface area contributed by atoms with Crippen LogP contribution >= 0.6 is 11.3 Å². The molecule has 2 rings (SSSR count). The molecule has 0 bridgehead atoms. The number of ketones is 1. The van der Waals surface area contributed by atoms with E-state index < -0.39 is 7.47 Å². The second kappa shape index (κ2) is 5.64. The van der Waals surface area contributed by atoms with Crippen molar-refractivity contribution in [1.82, 2.24) is 4.98 Å². The van der Waals surface area contributed by atoms with E-state index in [2.05, 4.69) is 9.64 Å². The zero-order valence-electron chi connectivity index (χ0n) is 9.10. The van der Waals surface area contributed by atoms with Crippen LogP contribution in [0.25, 0.3) is 5.76 Å². The molecule has 0 aliphatic rings. The third-order valence-corrected chi connectivity index (χ3v) is 2.99. The molecule has 1 N–H and O–H groups in total. The molecule has 0 aliphatic carbocycles. The molecule has 3 nitrogen and oxygen atoms in total. The smallest absolute Gasteiger partial charge is 0.503 e. The monoisotopic (exact) mass is 267 g/mol. The molecule has 0 radical (unpaired) electrons. The molecule has 0 atom stereocenters. The summed E-state index contributed by atoms with van der Waals surface area (Å²) >= 11 is 1.24. The Morgan fingerprint density at radius 1 is 1.39 bits per heavy atom. The van der Waals surface area contributed by atoms with E-state index in [1.807, 2.05) is 0 Å². The number of halogens is 2. The van der Waals surface area contributed by atoms with Gasteiger partial charge < -0.3 is 9.64 Å². The molecule has 0 fully saturated rings. The number of carbonyl (C=O) groups excluding carboxylic acids is 1. The zero-order valence-corrected chi connectivity index (χ0v) is 9.92. The fourth-order valence-corrected chi connectivity index (χ4v) is 2.00. The maximum absolute atomic E-state index is 12.3. The molecule has 7 heteroatoms. The maximum Gasteiger partial charge on any atom is 0.796 e. The molecule has 0 saturated carbocycles. The van der Waals surface area contributed by atoms with Crippen molar-refractivity contribution in [2.75, 3.05) is 0 Å². The average Bonchev–Trinajstić information content (AvgIpc) is 3.01. The molecular weight excluding hydrogens is 259 g/mol. The lowest BCUT2D eigenvalue weighted by atomic mass is 10.2. The van der Waals surface area contributed by atoms with Crippen LogP contribution in [0.5, 0.6) is 0 Å². The Bertz CT molecular complexity index is 537. The van der Waals surface area contributed by atoms with Crippen LogP contribution in [-0.2, 0) is 4.65 Å². The van der Waals surface area contributed by atoms with Gasteiger partial charge in [-0.05, 0) is 23.6 Å². The molecule has 0 spiro atoms. The molecule has 0 aromatic carbocycles. The quantitative estimate of drug-likeness (QED) is 0.391. The summed E-state index contributed by atoms with van der Waals surface area (Å²) < 4.78 is 28.9. The fourth-order valence-electron chi connectivity index (χ4n) is 1.36. The lowest BCUT2D eigenvalue weighted by Crippen LogP contribution is -2.06. The number of rotatable bonds is 5. The van der Waals surface area contributed by atoms with Gasteiger partial charge in [0.05, 0.1) is 10.6 Å². The largest absolute Gasteiger partial charge is 0.796 e. The van der Waals surface area contributed by atoms with Gasteiger partial charge in [-0.1, -0.05) is 6.07 Å².